The lowest BCUT2D eigenvalue weighted by Crippen LogP contribution is -2.50. The Morgan fingerprint density at radius 1 is 1.16 bits per heavy atom. The molecule has 2 aliphatic rings. The van der Waals surface area contributed by atoms with Crippen molar-refractivity contribution in [1.82, 2.24) is 15.2 Å². The van der Waals surface area contributed by atoms with Crippen LogP contribution in [0.25, 0.3) is 17.0 Å². The molecule has 0 aliphatic carbocycles. The van der Waals surface area contributed by atoms with Gasteiger partial charge in [0.2, 0.25) is 0 Å². The SMILES string of the molecule is CC(C)(C)OC(=O)N1CCN(c2ccnc3ccc(/C=C4/SC(=O)NC4=O)cc23)CC1. The van der Waals surface area contributed by atoms with Gasteiger partial charge in [-0.25, -0.2) is 4.79 Å². The average Bonchev–Trinajstić information content (AvgIpc) is 3.03. The Bertz CT molecular complexity index is 1080. The van der Waals surface area contributed by atoms with Gasteiger partial charge in [-0.3, -0.25) is 19.9 Å². The molecule has 2 aliphatic heterocycles. The molecule has 31 heavy (non-hydrogen) atoms. The minimum atomic E-state index is -0.514. The number of aromatic nitrogens is 1. The highest BCUT2D eigenvalue weighted by Gasteiger charge is 2.27. The summed E-state index contributed by atoms with van der Waals surface area (Å²) in [4.78, 5) is 44.4. The molecule has 2 saturated heterocycles. The smallest absolute Gasteiger partial charge is 0.410 e. The molecule has 4 rings (SSSR count). The molecule has 9 heteroatoms. The van der Waals surface area contributed by atoms with E-state index in [2.05, 4.69) is 15.2 Å². The fourth-order valence-corrected chi connectivity index (χ4v) is 4.23. The molecule has 1 aromatic carbocycles. The summed E-state index contributed by atoms with van der Waals surface area (Å²) in [6, 6.07) is 7.72. The van der Waals surface area contributed by atoms with Crippen LogP contribution in [0.3, 0.4) is 0 Å². The number of nitrogens with zero attached hydrogens (tertiary/aromatic N) is 3. The van der Waals surface area contributed by atoms with Gasteiger partial charge in [0.1, 0.15) is 5.60 Å². The molecule has 1 N–H and O–H groups in total. The summed E-state index contributed by atoms with van der Waals surface area (Å²) >= 11 is 0.899. The summed E-state index contributed by atoms with van der Waals surface area (Å²) in [5.41, 5.74) is 2.17. The van der Waals surface area contributed by atoms with Gasteiger partial charge in [-0.05, 0) is 62.4 Å². The van der Waals surface area contributed by atoms with Gasteiger partial charge in [-0.15, -0.1) is 0 Å². The lowest BCUT2D eigenvalue weighted by Gasteiger charge is -2.37. The number of anilines is 1. The number of fused-ring (bicyclic) bond motifs is 1. The summed E-state index contributed by atoms with van der Waals surface area (Å²) in [7, 11) is 0. The van der Waals surface area contributed by atoms with Gasteiger partial charge in [0, 0.05) is 43.4 Å². The van der Waals surface area contributed by atoms with Crippen LogP contribution in [0.1, 0.15) is 26.3 Å². The van der Waals surface area contributed by atoms with Gasteiger partial charge in [-0.2, -0.15) is 0 Å². The number of carbonyl (C=O) groups is 3. The lowest BCUT2D eigenvalue weighted by atomic mass is 10.1. The fraction of sp³-hybridized carbons (Fsp3) is 0.364. The zero-order chi connectivity index (χ0) is 22.2. The number of ether oxygens (including phenoxy) is 1. The van der Waals surface area contributed by atoms with Crippen LogP contribution in [-0.2, 0) is 9.53 Å². The Hall–Kier alpha value is -3.07. The second-order valence-electron chi connectivity index (χ2n) is 8.41. The summed E-state index contributed by atoms with van der Waals surface area (Å²) in [6.45, 7) is 8.08. The Kier molecular flexibility index (Phi) is 5.62. The van der Waals surface area contributed by atoms with Crippen LogP contribution in [0.4, 0.5) is 15.3 Å². The molecule has 8 nitrogen and oxygen atoms in total. The quantitative estimate of drug-likeness (QED) is 0.713. The first-order valence-electron chi connectivity index (χ1n) is 10.1. The first kappa shape index (κ1) is 21.2. The molecule has 1 aromatic heterocycles. The predicted octanol–water partition coefficient (Wildman–Crippen LogP) is 3.62. The zero-order valence-corrected chi connectivity index (χ0v) is 18.5. The standard InChI is InChI=1S/C22H24N4O4S/c1-22(2,3)30-21(29)26-10-8-25(9-11-26)17-6-7-23-16-5-4-14(12-15(16)17)13-18-19(27)24-20(28)31-18/h4-7,12-13H,8-11H2,1-3H3,(H,24,27,28)/b18-13+. The maximum Gasteiger partial charge on any atom is 0.410 e. The summed E-state index contributed by atoms with van der Waals surface area (Å²) < 4.78 is 5.48. The Balaban J connectivity index is 1.55. The molecular formula is C22H24N4O4S. The molecular weight excluding hydrogens is 416 g/mol. The zero-order valence-electron chi connectivity index (χ0n) is 17.7. The van der Waals surface area contributed by atoms with Crippen molar-refractivity contribution in [2.75, 3.05) is 31.1 Å². The van der Waals surface area contributed by atoms with Gasteiger partial charge in [0.05, 0.1) is 10.4 Å². The molecule has 0 bridgehead atoms. The summed E-state index contributed by atoms with van der Waals surface area (Å²) in [5.74, 6) is -0.375. The molecule has 0 unspecified atom stereocenters. The number of hydrogen-bond acceptors (Lipinski definition) is 7. The predicted molar refractivity (Wildman–Crippen MR) is 121 cm³/mol. The van der Waals surface area contributed by atoms with Crippen LogP contribution < -0.4 is 10.2 Å². The van der Waals surface area contributed by atoms with E-state index in [1.54, 1.807) is 17.2 Å². The molecule has 2 fully saturated rings. The van der Waals surface area contributed by atoms with Crippen LogP contribution >= 0.6 is 11.8 Å². The number of thioether (sulfide) groups is 1. The molecule has 3 heterocycles. The fourth-order valence-electron chi connectivity index (χ4n) is 3.54. The highest BCUT2D eigenvalue weighted by atomic mass is 32.2. The third-order valence-corrected chi connectivity index (χ3v) is 5.77. The molecule has 0 atom stereocenters. The summed E-state index contributed by atoms with van der Waals surface area (Å²) in [6.07, 6.45) is 3.19. The highest BCUT2D eigenvalue weighted by Crippen LogP contribution is 2.30. The Morgan fingerprint density at radius 2 is 1.90 bits per heavy atom. The molecule has 0 spiro atoms. The lowest BCUT2D eigenvalue weighted by molar-refractivity contribution is -0.115. The first-order valence-corrected chi connectivity index (χ1v) is 10.9. The van der Waals surface area contributed by atoms with E-state index in [1.165, 1.54) is 0 Å². The minimum Gasteiger partial charge on any atom is -0.444 e. The maximum atomic E-state index is 12.3. The molecule has 0 radical (unpaired) electrons. The third-order valence-electron chi connectivity index (χ3n) is 4.95. The number of carbonyl (C=O) groups excluding carboxylic acids is 3. The van der Waals surface area contributed by atoms with E-state index in [0.29, 0.717) is 31.1 Å². The number of benzene rings is 1. The number of hydrogen-bond donors (Lipinski definition) is 1. The van der Waals surface area contributed by atoms with Crippen LogP contribution in [0.15, 0.2) is 35.4 Å². The summed E-state index contributed by atoms with van der Waals surface area (Å²) in [5, 5.41) is 2.87. The number of rotatable bonds is 2. The van der Waals surface area contributed by atoms with Gasteiger partial charge in [0.15, 0.2) is 0 Å². The minimum absolute atomic E-state index is 0.289. The number of amides is 3. The van der Waals surface area contributed by atoms with Crippen molar-refractivity contribution in [2.45, 2.75) is 26.4 Å². The molecule has 2 aromatic rings. The van der Waals surface area contributed by atoms with Crippen LogP contribution in [0.2, 0.25) is 0 Å². The maximum absolute atomic E-state index is 12.3. The largest absolute Gasteiger partial charge is 0.444 e. The van der Waals surface area contributed by atoms with Crippen LogP contribution in [0, 0.1) is 0 Å². The van der Waals surface area contributed by atoms with Crippen molar-refractivity contribution in [3.8, 4) is 0 Å². The van der Waals surface area contributed by atoms with Gasteiger partial charge in [0.25, 0.3) is 11.1 Å². The number of nitrogens with one attached hydrogen (secondary N) is 1. The third kappa shape index (κ3) is 4.82. The van der Waals surface area contributed by atoms with Crippen molar-refractivity contribution in [2.24, 2.45) is 0 Å². The van der Waals surface area contributed by atoms with E-state index in [1.807, 2.05) is 45.0 Å². The van der Waals surface area contributed by atoms with E-state index in [9.17, 15) is 14.4 Å². The van der Waals surface area contributed by atoms with E-state index < -0.39 is 5.60 Å². The molecule has 162 valence electrons. The van der Waals surface area contributed by atoms with Gasteiger partial charge in [-0.1, -0.05) is 6.07 Å². The normalized spacial score (nSPS) is 18.6. The van der Waals surface area contributed by atoms with E-state index in [-0.39, 0.29) is 17.2 Å². The first-order chi connectivity index (χ1) is 14.7. The van der Waals surface area contributed by atoms with E-state index in [4.69, 9.17) is 4.74 Å². The second kappa shape index (κ2) is 8.22. The number of piperazine rings is 1. The van der Waals surface area contributed by atoms with Crippen molar-refractivity contribution in [1.29, 1.82) is 0 Å². The number of imide groups is 1. The molecule has 3 amide bonds. The van der Waals surface area contributed by atoms with Gasteiger partial charge < -0.3 is 14.5 Å². The van der Waals surface area contributed by atoms with Crippen LogP contribution in [-0.4, -0.2) is 58.9 Å². The Labute approximate surface area is 184 Å². The highest BCUT2D eigenvalue weighted by molar-refractivity contribution is 8.18. The van der Waals surface area contributed by atoms with Crippen molar-refractivity contribution < 1.29 is 19.1 Å². The topological polar surface area (TPSA) is 91.8 Å². The number of pyridine rings is 1. The van der Waals surface area contributed by atoms with Crippen LogP contribution in [0.5, 0.6) is 0 Å². The van der Waals surface area contributed by atoms with Crippen molar-refractivity contribution in [3.63, 3.8) is 0 Å². The monoisotopic (exact) mass is 440 g/mol. The van der Waals surface area contributed by atoms with Gasteiger partial charge >= 0.3 is 6.09 Å². The Morgan fingerprint density at radius 3 is 2.55 bits per heavy atom. The van der Waals surface area contributed by atoms with Crippen molar-refractivity contribution in [3.05, 3.63) is 40.9 Å². The second-order valence-corrected chi connectivity index (χ2v) is 9.43. The average molecular weight is 441 g/mol. The van der Waals surface area contributed by atoms with Crippen molar-refractivity contribution >= 4 is 51.7 Å². The van der Waals surface area contributed by atoms with E-state index in [0.717, 1.165) is 33.9 Å². The molecule has 0 saturated carbocycles. The van der Waals surface area contributed by atoms with E-state index >= 15 is 0 Å².